The Morgan fingerprint density at radius 3 is 2.10 bits per heavy atom. The molecule has 0 radical (unpaired) electrons. The number of ether oxygens (including phenoxy) is 1. The summed E-state index contributed by atoms with van der Waals surface area (Å²) in [5.74, 6) is -0.740. The number of amides is 2. The minimum Gasteiger partial charge on any atom is -0.462 e. The summed E-state index contributed by atoms with van der Waals surface area (Å²) in [6, 6.07) is 10.6. The van der Waals surface area contributed by atoms with Crippen LogP contribution in [0.15, 0.2) is 36.4 Å². The quantitative estimate of drug-likeness (QED) is 0.713. The molecule has 6 heteroatoms. The molecule has 0 aromatic heterocycles. The monoisotopic (exact) mass is 396 g/mol. The Balaban J connectivity index is 2.05. The number of hydrogen-bond acceptors (Lipinski definition) is 4. The number of rotatable bonds is 7. The Morgan fingerprint density at radius 1 is 1.00 bits per heavy atom. The van der Waals surface area contributed by atoms with Crippen LogP contribution in [0.25, 0.3) is 0 Å². The fourth-order valence-corrected chi connectivity index (χ4v) is 3.25. The van der Waals surface area contributed by atoms with Gasteiger partial charge in [0.05, 0.1) is 12.2 Å². The van der Waals surface area contributed by atoms with Crippen molar-refractivity contribution in [1.29, 1.82) is 0 Å². The second-order valence-electron chi connectivity index (χ2n) is 7.01. The number of benzene rings is 2. The first kappa shape index (κ1) is 22.1. The van der Waals surface area contributed by atoms with Gasteiger partial charge in [-0.15, -0.1) is 0 Å². The van der Waals surface area contributed by atoms with Crippen molar-refractivity contribution in [3.8, 4) is 0 Å². The van der Waals surface area contributed by atoms with E-state index in [1.165, 1.54) is 11.8 Å². The van der Waals surface area contributed by atoms with Gasteiger partial charge in [-0.3, -0.25) is 9.59 Å². The van der Waals surface area contributed by atoms with Crippen LogP contribution in [-0.4, -0.2) is 30.9 Å². The van der Waals surface area contributed by atoms with Crippen LogP contribution >= 0.6 is 0 Å². The predicted molar refractivity (Wildman–Crippen MR) is 114 cm³/mol. The highest BCUT2D eigenvalue weighted by Gasteiger charge is 2.16. The van der Waals surface area contributed by atoms with Gasteiger partial charge in [-0.25, -0.2) is 4.79 Å². The number of anilines is 2. The van der Waals surface area contributed by atoms with Crippen LogP contribution in [0.3, 0.4) is 0 Å². The van der Waals surface area contributed by atoms with E-state index in [4.69, 9.17) is 4.74 Å². The van der Waals surface area contributed by atoms with Gasteiger partial charge in [-0.2, -0.15) is 0 Å². The Hall–Kier alpha value is -3.15. The zero-order chi connectivity index (χ0) is 21.6. The van der Waals surface area contributed by atoms with E-state index in [0.717, 1.165) is 22.4 Å². The highest BCUT2D eigenvalue weighted by Crippen LogP contribution is 2.22. The lowest BCUT2D eigenvalue weighted by Gasteiger charge is -2.21. The standard InChI is InChI=1S/C23H28N2O4/c1-6-29-23(28)19-7-9-20(10-8-19)25(18(5)26)12-11-21(27)24-22-16(3)13-15(2)14-17(22)4/h7-10,13-14H,6,11-12H2,1-5H3,(H,24,27). The second-order valence-corrected chi connectivity index (χ2v) is 7.01. The van der Waals surface area contributed by atoms with Crippen molar-refractivity contribution in [2.24, 2.45) is 0 Å². The van der Waals surface area contributed by atoms with Crippen LogP contribution in [-0.2, 0) is 14.3 Å². The number of aryl methyl sites for hydroxylation is 3. The van der Waals surface area contributed by atoms with E-state index < -0.39 is 5.97 Å². The molecule has 29 heavy (non-hydrogen) atoms. The summed E-state index contributed by atoms with van der Waals surface area (Å²) in [6.07, 6.45) is 0.159. The Labute approximate surface area is 171 Å². The lowest BCUT2D eigenvalue weighted by molar-refractivity contribution is -0.117. The molecule has 154 valence electrons. The van der Waals surface area contributed by atoms with Crippen LogP contribution in [0.4, 0.5) is 11.4 Å². The number of carbonyl (C=O) groups excluding carboxylic acids is 3. The van der Waals surface area contributed by atoms with Crippen molar-refractivity contribution < 1.29 is 19.1 Å². The third-order valence-electron chi connectivity index (χ3n) is 4.57. The van der Waals surface area contributed by atoms with Gasteiger partial charge in [0.1, 0.15) is 0 Å². The van der Waals surface area contributed by atoms with Crippen LogP contribution < -0.4 is 10.2 Å². The number of esters is 1. The van der Waals surface area contributed by atoms with Crippen LogP contribution in [0.1, 0.15) is 47.3 Å². The van der Waals surface area contributed by atoms with Gasteiger partial charge in [0, 0.05) is 31.3 Å². The molecule has 2 aromatic rings. The molecule has 0 aliphatic heterocycles. The molecule has 2 amide bonds. The molecule has 0 spiro atoms. The molecule has 0 atom stereocenters. The smallest absolute Gasteiger partial charge is 0.338 e. The van der Waals surface area contributed by atoms with E-state index in [-0.39, 0.29) is 24.8 Å². The Kier molecular flexibility index (Phi) is 7.53. The van der Waals surface area contributed by atoms with Gasteiger partial charge in [-0.05, 0) is 63.1 Å². The zero-order valence-electron chi connectivity index (χ0n) is 17.7. The predicted octanol–water partition coefficient (Wildman–Crippen LogP) is 4.17. The van der Waals surface area contributed by atoms with Crippen molar-refractivity contribution in [3.63, 3.8) is 0 Å². The highest BCUT2D eigenvalue weighted by atomic mass is 16.5. The molecule has 0 aliphatic rings. The molecule has 2 aromatic carbocycles. The SMILES string of the molecule is CCOC(=O)c1ccc(N(CCC(=O)Nc2c(C)cc(C)cc2C)C(C)=O)cc1. The molecule has 6 nitrogen and oxygen atoms in total. The van der Waals surface area contributed by atoms with Crippen molar-refractivity contribution in [1.82, 2.24) is 0 Å². The maximum absolute atomic E-state index is 12.5. The number of carbonyl (C=O) groups is 3. The number of nitrogens with zero attached hydrogens (tertiary/aromatic N) is 1. The largest absolute Gasteiger partial charge is 0.462 e. The van der Waals surface area contributed by atoms with Gasteiger partial charge >= 0.3 is 5.97 Å². The van der Waals surface area contributed by atoms with E-state index in [0.29, 0.717) is 17.9 Å². The molecule has 0 saturated carbocycles. The van der Waals surface area contributed by atoms with Crippen LogP contribution in [0.2, 0.25) is 0 Å². The lowest BCUT2D eigenvalue weighted by atomic mass is 10.0. The lowest BCUT2D eigenvalue weighted by Crippen LogP contribution is -2.32. The maximum atomic E-state index is 12.5. The minimum atomic E-state index is -0.406. The summed E-state index contributed by atoms with van der Waals surface area (Å²) in [5, 5.41) is 2.95. The fraction of sp³-hybridized carbons (Fsp3) is 0.348. The van der Waals surface area contributed by atoms with Gasteiger partial charge in [0.15, 0.2) is 0 Å². The highest BCUT2D eigenvalue weighted by molar-refractivity contribution is 5.96. The van der Waals surface area contributed by atoms with Gasteiger partial charge < -0.3 is 15.0 Å². The second kappa shape index (κ2) is 9.87. The van der Waals surface area contributed by atoms with E-state index >= 15 is 0 Å². The number of nitrogens with one attached hydrogen (secondary N) is 1. The van der Waals surface area contributed by atoms with Crippen LogP contribution in [0, 0.1) is 20.8 Å². The summed E-state index contributed by atoms with van der Waals surface area (Å²) in [6.45, 7) is 9.67. The zero-order valence-corrected chi connectivity index (χ0v) is 17.7. The van der Waals surface area contributed by atoms with Crippen LogP contribution in [0.5, 0.6) is 0 Å². The van der Waals surface area contributed by atoms with Gasteiger partial charge in [-0.1, -0.05) is 17.7 Å². The van der Waals surface area contributed by atoms with Gasteiger partial charge in [0.2, 0.25) is 11.8 Å². The average molecular weight is 396 g/mol. The van der Waals surface area contributed by atoms with Crippen molar-refractivity contribution >= 4 is 29.2 Å². The molecule has 2 rings (SSSR count). The van der Waals surface area contributed by atoms with Crippen molar-refractivity contribution in [2.75, 3.05) is 23.4 Å². The van der Waals surface area contributed by atoms with Gasteiger partial charge in [0.25, 0.3) is 0 Å². The van der Waals surface area contributed by atoms with E-state index in [1.54, 1.807) is 31.2 Å². The number of hydrogen-bond donors (Lipinski definition) is 1. The summed E-state index contributed by atoms with van der Waals surface area (Å²) >= 11 is 0. The molecule has 1 N–H and O–H groups in total. The third-order valence-corrected chi connectivity index (χ3v) is 4.57. The summed E-state index contributed by atoms with van der Waals surface area (Å²) in [4.78, 5) is 37.8. The topological polar surface area (TPSA) is 75.7 Å². The molecule has 0 bridgehead atoms. The van der Waals surface area contributed by atoms with E-state index in [1.807, 2.05) is 32.9 Å². The Bertz CT molecular complexity index is 881. The Morgan fingerprint density at radius 2 is 1.59 bits per heavy atom. The molecular formula is C23H28N2O4. The summed E-state index contributed by atoms with van der Waals surface area (Å²) in [5.41, 5.74) is 5.02. The van der Waals surface area contributed by atoms with E-state index in [2.05, 4.69) is 5.32 Å². The molecule has 0 fully saturated rings. The first-order chi connectivity index (χ1) is 13.7. The van der Waals surface area contributed by atoms with Crippen molar-refractivity contribution in [2.45, 2.75) is 41.0 Å². The normalized spacial score (nSPS) is 10.4. The molecular weight excluding hydrogens is 368 g/mol. The minimum absolute atomic E-state index is 0.158. The third kappa shape index (κ3) is 5.91. The maximum Gasteiger partial charge on any atom is 0.338 e. The fourth-order valence-electron chi connectivity index (χ4n) is 3.25. The molecule has 0 aliphatic carbocycles. The van der Waals surface area contributed by atoms with E-state index in [9.17, 15) is 14.4 Å². The molecule has 0 saturated heterocycles. The van der Waals surface area contributed by atoms with Crippen molar-refractivity contribution in [3.05, 3.63) is 58.7 Å². The molecule has 0 heterocycles. The summed E-state index contributed by atoms with van der Waals surface area (Å²) in [7, 11) is 0. The first-order valence-corrected chi connectivity index (χ1v) is 9.66. The first-order valence-electron chi connectivity index (χ1n) is 9.66. The summed E-state index contributed by atoms with van der Waals surface area (Å²) < 4.78 is 4.97. The molecule has 0 unspecified atom stereocenters. The average Bonchev–Trinajstić information content (AvgIpc) is 2.65.